The molecule has 1 aromatic carbocycles. The number of ether oxygens (including phenoxy) is 1. The van der Waals surface area contributed by atoms with Crippen molar-refractivity contribution in [3.63, 3.8) is 0 Å². The summed E-state index contributed by atoms with van der Waals surface area (Å²) in [6.07, 6.45) is -0.945. The van der Waals surface area contributed by atoms with Crippen molar-refractivity contribution in [3.05, 3.63) is 35.4 Å². The Hall–Kier alpha value is -1.16. The molecule has 16 heavy (non-hydrogen) atoms. The van der Waals surface area contributed by atoms with E-state index < -0.39 is 19.9 Å². The average molecular weight is 242 g/mol. The van der Waals surface area contributed by atoms with E-state index in [-0.39, 0.29) is 0 Å². The van der Waals surface area contributed by atoms with Crippen LogP contribution in [0, 0.1) is 0 Å². The van der Waals surface area contributed by atoms with Gasteiger partial charge in [-0.3, -0.25) is 9.09 Å². The van der Waals surface area contributed by atoms with Gasteiger partial charge >= 0.3 is 13.6 Å². The molecule has 0 amide bonds. The fraction of sp³-hybridized carbons (Fsp3) is 0.300. The fourth-order valence-electron chi connectivity index (χ4n) is 1.41. The summed E-state index contributed by atoms with van der Waals surface area (Å²) in [4.78, 5) is 11.4. The molecule has 0 saturated heterocycles. The molecule has 86 valence electrons. The van der Waals surface area contributed by atoms with Crippen molar-refractivity contribution in [1.82, 2.24) is 0 Å². The third-order valence-corrected chi connectivity index (χ3v) is 3.51. The van der Waals surface area contributed by atoms with E-state index in [1.165, 1.54) is 13.8 Å². The maximum absolute atomic E-state index is 11.6. The Kier molecular flexibility index (Phi) is 2.84. The lowest BCUT2D eigenvalue weighted by Crippen LogP contribution is -2.03. The van der Waals surface area contributed by atoms with Crippen molar-refractivity contribution in [2.75, 3.05) is 13.8 Å². The number of hydrogen-bond donors (Lipinski definition) is 0. The van der Waals surface area contributed by atoms with E-state index in [1.807, 2.05) is 0 Å². The van der Waals surface area contributed by atoms with Crippen LogP contribution < -0.4 is 0 Å². The van der Waals surface area contributed by atoms with Crippen LogP contribution in [0.2, 0.25) is 0 Å². The number of cyclic esters (lactones) is 1. The maximum atomic E-state index is 11.6. The molecule has 0 aromatic heterocycles. The van der Waals surface area contributed by atoms with Crippen LogP contribution in [0.5, 0.6) is 0 Å². The van der Waals surface area contributed by atoms with Gasteiger partial charge in [-0.25, -0.2) is 4.79 Å². The largest absolute Gasteiger partial charge is 0.427 e. The maximum Gasteiger partial charge on any atom is 0.341 e. The van der Waals surface area contributed by atoms with Crippen LogP contribution in [-0.2, 0) is 18.3 Å². The lowest BCUT2D eigenvalue weighted by atomic mass is 10.1. The summed E-state index contributed by atoms with van der Waals surface area (Å²) in [5, 5.41) is 0. The van der Waals surface area contributed by atoms with Crippen LogP contribution in [-0.4, -0.2) is 19.7 Å². The lowest BCUT2D eigenvalue weighted by Gasteiger charge is -2.16. The number of carbonyl (C=O) groups excluding carboxylic acids is 1. The molecule has 1 heterocycles. The van der Waals surface area contributed by atoms with Gasteiger partial charge in [-0.05, 0) is 6.07 Å². The SMILES string of the molecule is COP(C)(=O)OC1OC(=O)c2ccccc21. The minimum atomic E-state index is -3.18. The Morgan fingerprint density at radius 3 is 2.75 bits per heavy atom. The normalized spacial score (nSPS) is 22.4. The van der Waals surface area contributed by atoms with E-state index in [4.69, 9.17) is 13.8 Å². The topological polar surface area (TPSA) is 61.8 Å². The van der Waals surface area contributed by atoms with Crippen molar-refractivity contribution < 1.29 is 23.1 Å². The monoisotopic (exact) mass is 242 g/mol. The molecule has 1 aromatic rings. The molecule has 0 N–H and O–H groups in total. The predicted molar refractivity (Wildman–Crippen MR) is 56.2 cm³/mol. The van der Waals surface area contributed by atoms with Crippen LogP contribution in [0.25, 0.3) is 0 Å². The molecular formula is C10H11O5P. The van der Waals surface area contributed by atoms with E-state index in [9.17, 15) is 9.36 Å². The second kappa shape index (κ2) is 4.01. The van der Waals surface area contributed by atoms with Gasteiger partial charge in [0.2, 0.25) is 6.29 Å². The first-order chi connectivity index (χ1) is 7.53. The van der Waals surface area contributed by atoms with Crippen LogP contribution in [0.3, 0.4) is 0 Å². The minimum Gasteiger partial charge on any atom is -0.427 e. The van der Waals surface area contributed by atoms with Gasteiger partial charge < -0.3 is 9.26 Å². The third kappa shape index (κ3) is 2.02. The summed E-state index contributed by atoms with van der Waals surface area (Å²) in [5.41, 5.74) is 1.01. The second-order valence-corrected chi connectivity index (χ2v) is 5.50. The van der Waals surface area contributed by atoms with Gasteiger partial charge in [0.25, 0.3) is 0 Å². The van der Waals surface area contributed by atoms with Crippen LogP contribution >= 0.6 is 7.60 Å². The van der Waals surface area contributed by atoms with Crippen molar-refractivity contribution in [1.29, 1.82) is 0 Å². The fourth-order valence-corrected chi connectivity index (χ4v) is 2.00. The number of benzene rings is 1. The smallest absolute Gasteiger partial charge is 0.341 e. The quantitative estimate of drug-likeness (QED) is 0.601. The Labute approximate surface area is 92.9 Å². The first-order valence-electron chi connectivity index (χ1n) is 4.65. The highest BCUT2D eigenvalue weighted by Gasteiger charge is 2.35. The molecule has 0 fully saturated rings. The average Bonchev–Trinajstić information content (AvgIpc) is 2.56. The van der Waals surface area contributed by atoms with Crippen LogP contribution in [0.4, 0.5) is 0 Å². The molecule has 5 nitrogen and oxygen atoms in total. The number of rotatable bonds is 3. The van der Waals surface area contributed by atoms with E-state index in [1.54, 1.807) is 24.3 Å². The van der Waals surface area contributed by atoms with Crippen molar-refractivity contribution in [3.8, 4) is 0 Å². The van der Waals surface area contributed by atoms with Gasteiger partial charge in [-0.1, -0.05) is 18.2 Å². The van der Waals surface area contributed by atoms with E-state index in [2.05, 4.69) is 0 Å². The van der Waals surface area contributed by atoms with Gasteiger partial charge in [0.05, 0.1) is 5.56 Å². The summed E-state index contributed by atoms with van der Waals surface area (Å²) < 4.78 is 26.4. The number of fused-ring (bicyclic) bond motifs is 1. The minimum absolute atomic E-state index is 0.434. The van der Waals surface area contributed by atoms with Gasteiger partial charge in [0, 0.05) is 19.3 Å². The molecule has 2 atom stereocenters. The first-order valence-corrected chi connectivity index (χ1v) is 6.64. The van der Waals surface area contributed by atoms with Crippen LogP contribution in [0.15, 0.2) is 24.3 Å². The standard InChI is InChI=1S/C10H11O5P/c1-13-16(2,12)15-10-8-6-4-3-5-7(8)9(11)14-10/h3-6,10H,1-2H3. The lowest BCUT2D eigenvalue weighted by molar-refractivity contribution is -0.0433. The van der Waals surface area contributed by atoms with Crippen LogP contribution in [0.1, 0.15) is 22.2 Å². The molecule has 2 unspecified atom stereocenters. The van der Waals surface area contributed by atoms with Gasteiger partial charge in [0.15, 0.2) is 0 Å². The Bertz CT molecular complexity index is 470. The van der Waals surface area contributed by atoms with E-state index in [0.717, 1.165) is 0 Å². The number of esters is 1. The molecule has 6 heteroatoms. The molecule has 0 saturated carbocycles. The van der Waals surface area contributed by atoms with Crippen molar-refractivity contribution >= 4 is 13.6 Å². The van der Waals surface area contributed by atoms with Gasteiger partial charge in [-0.2, -0.15) is 0 Å². The number of hydrogen-bond acceptors (Lipinski definition) is 5. The zero-order valence-corrected chi connectivity index (χ0v) is 9.77. The van der Waals surface area contributed by atoms with Crippen molar-refractivity contribution in [2.24, 2.45) is 0 Å². The molecule has 1 aliphatic heterocycles. The van der Waals surface area contributed by atoms with E-state index >= 15 is 0 Å². The highest BCUT2D eigenvalue weighted by atomic mass is 31.2. The molecular weight excluding hydrogens is 231 g/mol. The molecule has 0 aliphatic carbocycles. The molecule has 2 rings (SSSR count). The highest BCUT2D eigenvalue weighted by molar-refractivity contribution is 7.52. The third-order valence-electron chi connectivity index (χ3n) is 2.27. The molecule has 0 radical (unpaired) electrons. The number of carbonyl (C=O) groups is 1. The Morgan fingerprint density at radius 2 is 2.06 bits per heavy atom. The molecule has 0 bridgehead atoms. The highest BCUT2D eigenvalue weighted by Crippen LogP contribution is 2.49. The summed E-state index contributed by atoms with van der Waals surface area (Å²) in [7, 11) is -1.90. The summed E-state index contributed by atoms with van der Waals surface area (Å²) in [5.74, 6) is -0.475. The zero-order valence-electron chi connectivity index (χ0n) is 8.88. The van der Waals surface area contributed by atoms with Gasteiger partial charge in [-0.15, -0.1) is 0 Å². The predicted octanol–water partition coefficient (Wildman–Crippen LogP) is 2.34. The Morgan fingerprint density at radius 1 is 1.38 bits per heavy atom. The molecule has 0 spiro atoms. The zero-order chi connectivity index (χ0) is 11.8. The van der Waals surface area contributed by atoms with Gasteiger partial charge in [0.1, 0.15) is 0 Å². The summed E-state index contributed by atoms with van der Waals surface area (Å²) in [6, 6.07) is 6.81. The summed E-state index contributed by atoms with van der Waals surface area (Å²) in [6.45, 7) is 1.32. The Balaban J connectivity index is 2.28. The van der Waals surface area contributed by atoms with E-state index in [0.29, 0.717) is 11.1 Å². The van der Waals surface area contributed by atoms with Crippen molar-refractivity contribution in [2.45, 2.75) is 6.29 Å². The second-order valence-electron chi connectivity index (χ2n) is 3.38. The first kappa shape index (κ1) is 11.3. The summed E-state index contributed by atoms with van der Waals surface area (Å²) >= 11 is 0. The molecule has 1 aliphatic rings.